The normalized spacial score (nSPS) is 25.1. The summed E-state index contributed by atoms with van der Waals surface area (Å²) >= 11 is 0. The van der Waals surface area contributed by atoms with Crippen LogP contribution in [0.2, 0.25) is 0 Å². The maximum Gasteiger partial charge on any atom is 0.251 e. The molecule has 2 fully saturated rings. The molecule has 6 heteroatoms. The third-order valence-corrected chi connectivity index (χ3v) is 5.41. The average molecular weight is 348 g/mol. The van der Waals surface area contributed by atoms with Gasteiger partial charge in [0.25, 0.3) is 5.91 Å². The van der Waals surface area contributed by atoms with Gasteiger partial charge in [0.1, 0.15) is 5.75 Å². The van der Waals surface area contributed by atoms with Crippen LogP contribution in [-0.4, -0.2) is 68.0 Å². The summed E-state index contributed by atoms with van der Waals surface area (Å²) in [5, 5.41) is 12.9. The molecular formula is C19H28N2O4. The molecule has 0 spiro atoms. The molecule has 2 N–H and O–H groups in total. The Labute approximate surface area is 149 Å². The zero-order chi connectivity index (χ0) is 17.8. The highest BCUT2D eigenvalue weighted by Crippen LogP contribution is 2.25. The lowest BCUT2D eigenvalue weighted by Crippen LogP contribution is -2.43. The Hall–Kier alpha value is -1.63. The Bertz CT molecular complexity index is 601. The van der Waals surface area contributed by atoms with Crippen LogP contribution in [0.1, 0.15) is 28.8 Å². The fraction of sp³-hybridized carbons (Fsp3) is 0.632. The minimum Gasteiger partial charge on any atom is -0.497 e. The first-order chi connectivity index (χ1) is 12.1. The van der Waals surface area contributed by atoms with E-state index < -0.39 is 0 Å². The summed E-state index contributed by atoms with van der Waals surface area (Å²) in [6.07, 6.45) is 2.05. The van der Waals surface area contributed by atoms with Crippen molar-refractivity contribution in [1.82, 2.24) is 10.2 Å². The van der Waals surface area contributed by atoms with E-state index in [4.69, 9.17) is 9.47 Å². The highest BCUT2D eigenvalue weighted by molar-refractivity contribution is 5.96. The number of aliphatic hydroxyl groups is 1. The summed E-state index contributed by atoms with van der Waals surface area (Å²) in [4.78, 5) is 15.1. The predicted molar refractivity (Wildman–Crippen MR) is 95.0 cm³/mol. The van der Waals surface area contributed by atoms with E-state index in [1.165, 1.54) is 0 Å². The van der Waals surface area contributed by atoms with Crippen LogP contribution < -0.4 is 10.1 Å². The fourth-order valence-corrected chi connectivity index (χ4v) is 3.87. The van der Waals surface area contributed by atoms with Crippen LogP contribution in [0.4, 0.5) is 0 Å². The second kappa shape index (κ2) is 8.17. The van der Waals surface area contributed by atoms with E-state index in [1.807, 2.05) is 13.0 Å². The summed E-state index contributed by atoms with van der Waals surface area (Å²) < 4.78 is 10.6. The molecule has 0 aromatic heterocycles. The molecule has 25 heavy (non-hydrogen) atoms. The SMILES string of the molecule is COc1ccc(C(=O)N[C@@H]2CN(C3CCOCC3)C[C@H]2CO)c(C)c1. The van der Waals surface area contributed by atoms with Crippen LogP contribution >= 0.6 is 0 Å². The molecule has 0 unspecified atom stereocenters. The molecule has 138 valence electrons. The van der Waals surface area contributed by atoms with Gasteiger partial charge in [-0.05, 0) is 43.5 Å². The van der Waals surface area contributed by atoms with Crippen LogP contribution in [0.3, 0.4) is 0 Å². The second-order valence-electron chi connectivity index (χ2n) is 7.00. The van der Waals surface area contributed by atoms with Gasteiger partial charge >= 0.3 is 0 Å². The number of benzene rings is 1. The van der Waals surface area contributed by atoms with E-state index in [-0.39, 0.29) is 24.5 Å². The molecule has 2 atom stereocenters. The Morgan fingerprint density at radius 3 is 2.76 bits per heavy atom. The minimum atomic E-state index is -0.0857. The number of amides is 1. The molecule has 3 rings (SSSR count). The standard InChI is InChI=1S/C19H28N2O4/c1-13-9-16(24-2)3-4-17(13)19(23)20-18-11-21(10-14(18)12-22)15-5-7-25-8-6-15/h3-4,9,14-15,18,22H,5-8,10-12H2,1-2H3,(H,20,23)/t14-,18+/m0/s1. The van der Waals surface area contributed by atoms with E-state index in [0.29, 0.717) is 11.6 Å². The second-order valence-corrected chi connectivity index (χ2v) is 7.00. The summed E-state index contributed by atoms with van der Waals surface area (Å²) in [5.74, 6) is 0.733. The molecule has 2 aliphatic heterocycles. The van der Waals surface area contributed by atoms with Gasteiger partial charge in [-0.1, -0.05) is 0 Å². The zero-order valence-electron chi connectivity index (χ0n) is 15.0. The van der Waals surface area contributed by atoms with Crippen LogP contribution in [0.25, 0.3) is 0 Å². The number of carbonyl (C=O) groups excluding carboxylic acids is 1. The van der Waals surface area contributed by atoms with Crippen molar-refractivity contribution in [3.05, 3.63) is 29.3 Å². The first kappa shape index (κ1) is 18.2. The number of likely N-dealkylation sites (tertiary alicyclic amines) is 1. The Kier molecular flexibility index (Phi) is 5.93. The zero-order valence-corrected chi connectivity index (χ0v) is 15.0. The summed E-state index contributed by atoms with van der Waals surface area (Å²) in [7, 11) is 1.61. The van der Waals surface area contributed by atoms with Crippen LogP contribution in [0.5, 0.6) is 5.75 Å². The molecule has 1 amide bonds. The van der Waals surface area contributed by atoms with Crippen molar-refractivity contribution in [1.29, 1.82) is 0 Å². The summed E-state index contributed by atoms with van der Waals surface area (Å²) in [6, 6.07) is 5.92. The van der Waals surface area contributed by atoms with Gasteiger partial charge in [0.15, 0.2) is 0 Å². The lowest BCUT2D eigenvalue weighted by Gasteiger charge is -2.31. The number of hydrogen-bond acceptors (Lipinski definition) is 5. The van der Waals surface area contributed by atoms with Crippen LogP contribution in [-0.2, 0) is 4.74 Å². The van der Waals surface area contributed by atoms with Crippen LogP contribution in [0, 0.1) is 12.8 Å². The maximum atomic E-state index is 12.7. The predicted octanol–water partition coefficient (Wildman–Crippen LogP) is 1.21. The van der Waals surface area contributed by atoms with Crippen molar-refractivity contribution in [2.24, 2.45) is 5.92 Å². The molecule has 1 aromatic rings. The van der Waals surface area contributed by atoms with Crippen LogP contribution in [0.15, 0.2) is 18.2 Å². The van der Waals surface area contributed by atoms with Crippen molar-refractivity contribution in [2.45, 2.75) is 31.8 Å². The maximum absolute atomic E-state index is 12.7. The number of carbonyl (C=O) groups is 1. The highest BCUT2D eigenvalue weighted by Gasteiger charge is 2.37. The molecule has 0 radical (unpaired) electrons. The van der Waals surface area contributed by atoms with Gasteiger partial charge in [-0.3, -0.25) is 9.69 Å². The third kappa shape index (κ3) is 4.14. The minimum absolute atomic E-state index is 0.0261. The Balaban J connectivity index is 1.65. The number of hydrogen-bond donors (Lipinski definition) is 2. The number of ether oxygens (including phenoxy) is 2. The van der Waals surface area contributed by atoms with Crippen molar-refractivity contribution >= 4 is 5.91 Å². The van der Waals surface area contributed by atoms with E-state index in [1.54, 1.807) is 19.2 Å². The number of aliphatic hydroxyl groups excluding tert-OH is 1. The number of methoxy groups -OCH3 is 1. The average Bonchev–Trinajstić information content (AvgIpc) is 3.05. The van der Waals surface area contributed by atoms with Gasteiger partial charge in [0.05, 0.1) is 7.11 Å². The molecule has 0 aliphatic carbocycles. The first-order valence-corrected chi connectivity index (χ1v) is 9.00. The van der Waals surface area contributed by atoms with Gasteiger partial charge < -0.3 is 19.9 Å². The number of nitrogens with one attached hydrogen (secondary N) is 1. The Morgan fingerprint density at radius 1 is 1.36 bits per heavy atom. The van der Waals surface area contributed by atoms with E-state index in [2.05, 4.69) is 10.2 Å². The van der Waals surface area contributed by atoms with Gasteiger partial charge in [0, 0.05) is 56.5 Å². The van der Waals surface area contributed by atoms with Gasteiger partial charge in [-0.2, -0.15) is 0 Å². The number of aryl methyl sites for hydroxylation is 1. The molecule has 2 saturated heterocycles. The molecule has 2 heterocycles. The largest absolute Gasteiger partial charge is 0.497 e. The quantitative estimate of drug-likeness (QED) is 0.837. The summed E-state index contributed by atoms with van der Waals surface area (Å²) in [5.41, 5.74) is 1.54. The monoisotopic (exact) mass is 348 g/mol. The van der Waals surface area contributed by atoms with Gasteiger partial charge in [-0.15, -0.1) is 0 Å². The molecule has 6 nitrogen and oxygen atoms in total. The van der Waals surface area contributed by atoms with Crippen molar-refractivity contribution < 1.29 is 19.4 Å². The smallest absolute Gasteiger partial charge is 0.251 e. The first-order valence-electron chi connectivity index (χ1n) is 9.00. The lowest BCUT2D eigenvalue weighted by atomic mass is 10.0. The van der Waals surface area contributed by atoms with Crippen molar-refractivity contribution in [2.75, 3.05) is 40.0 Å². The molecule has 0 bridgehead atoms. The van der Waals surface area contributed by atoms with Gasteiger partial charge in [-0.25, -0.2) is 0 Å². The van der Waals surface area contributed by atoms with Crippen molar-refractivity contribution in [3.8, 4) is 5.75 Å². The Morgan fingerprint density at radius 2 is 2.12 bits per heavy atom. The number of nitrogens with zero attached hydrogens (tertiary/aromatic N) is 1. The molecule has 2 aliphatic rings. The topological polar surface area (TPSA) is 71.0 Å². The summed E-state index contributed by atoms with van der Waals surface area (Å²) in [6.45, 7) is 5.21. The fourth-order valence-electron chi connectivity index (χ4n) is 3.87. The lowest BCUT2D eigenvalue weighted by molar-refractivity contribution is 0.0398. The highest BCUT2D eigenvalue weighted by atomic mass is 16.5. The number of rotatable bonds is 5. The molecular weight excluding hydrogens is 320 g/mol. The molecule has 0 saturated carbocycles. The van der Waals surface area contributed by atoms with Gasteiger partial charge in [0.2, 0.25) is 0 Å². The van der Waals surface area contributed by atoms with E-state index >= 15 is 0 Å². The van der Waals surface area contributed by atoms with Crippen molar-refractivity contribution in [3.63, 3.8) is 0 Å². The van der Waals surface area contributed by atoms with E-state index in [0.717, 1.165) is 50.5 Å². The molecule has 1 aromatic carbocycles. The van der Waals surface area contributed by atoms with E-state index in [9.17, 15) is 9.90 Å². The third-order valence-electron chi connectivity index (χ3n) is 5.41.